The fourth-order valence-corrected chi connectivity index (χ4v) is 9.69. The van der Waals surface area contributed by atoms with E-state index in [0.29, 0.717) is 26.4 Å². The predicted octanol–water partition coefficient (Wildman–Crippen LogP) is 11.7. The second-order valence-corrected chi connectivity index (χ2v) is 15.7. The Bertz CT molecular complexity index is 1450. The first kappa shape index (κ1) is 31.5. The number of hydrogen-bond acceptors (Lipinski definition) is 8. The first-order chi connectivity index (χ1) is 21.7. The molecule has 0 spiro atoms. The van der Waals surface area contributed by atoms with Gasteiger partial charge in [0.2, 0.25) is 0 Å². The van der Waals surface area contributed by atoms with Gasteiger partial charge in [0.25, 0.3) is 0 Å². The molecule has 2 aliphatic rings. The van der Waals surface area contributed by atoms with Crippen molar-refractivity contribution in [2.75, 3.05) is 26.4 Å². The molecule has 0 aromatic carbocycles. The molecule has 234 valence electrons. The lowest BCUT2D eigenvalue weighted by Crippen LogP contribution is -2.15. The zero-order valence-electron chi connectivity index (χ0n) is 25.8. The second kappa shape index (κ2) is 15.7. The van der Waals surface area contributed by atoms with Crippen molar-refractivity contribution in [3.63, 3.8) is 0 Å². The van der Waals surface area contributed by atoms with E-state index in [9.17, 15) is 0 Å². The van der Waals surface area contributed by atoms with Crippen LogP contribution in [0.25, 0.3) is 34.1 Å². The molecule has 8 heteroatoms. The molecule has 0 atom stereocenters. The van der Waals surface area contributed by atoms with Gasteiger partial charge in [0.05, 0.1) is 19.5 Å². The maximum Gasteiger partial charge on any atom is 0.179 e. The lowest BCUT2D eigenvalue weighted by atomic mass is 10.1. The van der Waals surface area contributed by atoms with Crippen molar-refractivity contribution in [3.05, 3.63) is 53.5 Å². The van der Waals surface area contributed by atoms with Gasteiger partial charge in [-0.15, -0.1) is 45.3 Å². The standard InChI is InChI=1S/C36H42O4S4/c1-3-5-7-9-11-29-33-35(39-23-21-37-33)31(43-29)19-15-25-13-17-27(41-25)28-18-14-26(42-28)16-20-32-36-34(38-22-24-40-36)30(44-32)12-10-8-6-4-2/h13-20H,3-12,21-24H2,1-2H3/b19-15+,20-16+. The fraction of sp³-hybridized carbons (Fsp3) is 0.444. The number of ether oxygens (including phenoxy) is 4. The third-order valence-electron chi connectivity index (χ3n) is 7.79. The molecule has 0 radical (unpaired) electrons. The van der Waals surface area contributed by atoms with Crippen molar-refractivity contribution in [1.29, 1.82) is 0 Å². The molecule has 4 aromatic rings. The fourth-order valence-electron chi connectivity index (χ4n) is 5.51. The maximum absolute atomic E-state index is 6.06. The number of rotatable bonds is 15. The zero-order chi connectivity index (χ0) is 30.1. The Labute approximate surface area is 278 Å². The molecule has 4 aromatic heterocycles. The normalized spacial score (nSPS) is 14.3. The summed E-state index contributed by atoms with van der Waals surface area (Å²) in [5, 5.41) is 0. The highest BCUT2D eigenvalue weighted by Crippen LogP contribution is 2.47. The number of aryl methyl sites for hydroxylation is 2. The number of hydrogen-bond donors (Lipinski definition) is 0. The summed E-state index contributed by atoms with van der Waals surface area (Å²) in [6, 6.07) is 8.90. The zero-order valence-corrected chi connectivity index (χ0v) is 29.1. The van der Waals surface area contributed by atoms with Crippen LogP contribution in [-0.4, -0.2) is 26.4 Å². The summed E-state index contributed by atoms with van der Waals surface area (Å²) in [4.78, 5) is 10.0. The Morgan fingerprint density at radius 2 is 0.932 bits per heavy atom. The van der Waals surface area contributed by atoms with Crippen molar-refractivity contribution >= 4 is 69.7 Å². The van der Waals surface area contributed by atoms with Crippen LogP contribution in [0, 0.1) is 0 Å². The van der Waals surface area contributed by atoms with E-state index in [4.69, 9.17) is 18.9 Å². The molecule has 0 bridgehead atoms. The molecule has 0 fully saturated rings. The molecule has 4 nitrogen and oxygen atoms in total. The molecule has 44 heavy (non-hydrogen) atoms. The van der Waals surface area contributed by atoms with Crippen LogP contribution in [-0.2, 0) is 12.8 Å². The summed E-state index contributed by atoms with van der Waals surface area (Å²) in [5.41, 5.74) is 0. The van der Waals surface area contributed by atoms with Gasteiger partial charge in [-0.3, -0.25) is 0 Å². The average Bonchev–Trinajstić information content (AvgIpc) is 3.85. The van der Waals surface area contributed by atoms with Crippen molar-refractivity contribution in [2.24, 2.45) is 0 Å². The van der Waals surface area contributed by atoms with E-state index in [2.05, 4.69) is 62.4 Å². The topological polar surface area (TPSA) is 36.9 Å². The third kappa shape index (κ3) is 7.64. The van der Waals surface area contributed by atoms with Crippen LogP contribution in [0.3, 0.4) is 0 Å². The van der Waals surface area contributed by atoms with Crippen LogP contribution in [0.5, 0.6) is 23.0 Å². The number of unbranched alkanes of at least 4 members (excludes halogenated alkanes) is 6. The first-order valence-corrected chi connectivity index (χ1v) is 19.4. The monoisotopic (exact) mass is 666 g/mol. The highest BCUT2D eigenvalue weighted by atomic mass is 32.1. The largest absolute Gasteiger partial charge is 0.485 e. The van der Waals surface area contributed by atoms with E-state index in [1.807, 2.05) is 45.3 Å². The Kier molecular flexibility index (Phi) is 11.2. The second-order valence-electron chi connectivity index (χ2n) is 11.2. The predicted molar refractivity (Wildman–Crippen MR) is 192 cm³/mol. The molecule has 0 N–H and O–H groups in total. The molecule has 0 saturated carbocycles. The van der Waals surface area contributed by atoms with Crippen LogP contribution in [0.15, 0.2) is 24.3 Å². The first-order valence-electron chi connectivity index (χ1n) is 16.1. The van der Waals surface area contributed by atoms with Crippen molar-refractivity contribution in [3.8, 4) is 32.8 Å². The Morgan fingerprint density at radius 3 is 1.36 bits per heavy atom. The molecular weight excluding hydrogens is 625 g/mol. The molecule has 0 amide bonds. The van der Waals surface area contributed by atoms with Crippen molar-refractivity contribution < 1.29 is 18.9 Å². The van der Waals surface area contributed by atoms with Gasteiger partial charge < -0.3 is 18.9 Å². The molecule has 0 unspecified atom stereocenters. The Hall–Kier alpha value is -2.52. The van der Waals surface area contributed by atoms with Gasteiger partial charge in [0.15, 0.2) is 23.0 Å². The highest BCUT2D eigenvalue weighted by molar-refractivity contribution is 7.23. The Balaban J connectivity index is 1.12. The van der Waals surface area contributed by atoms with Crippen LogP contribution in [0.1, 0.15) is 94.5 Å². The SMILES string of the molecule is CCCCCCc1sc(/C=C/c2ccc(-c3ccc(/C=C/c4sc(CCCCCC)c5c4OCCO5)s3)s2)c2c1OCCO2. The van der Waals surface area contributed by atoms with E-state index >= 15 is 0 Å². The minimum Gasteiger partial charge on any atom is -0.485 e. The van der Waals surface area contributed by atoms with Crippen LogP contribution < -0.4 is 18.9 Å². The smallest absolute Gasteiger partial charge is 0.179 e. The molecule has 6 rings (SSSR count). The van der Waals surface area contributed by atoms with E-state index < -0.39 is 0 Å². The van der Waals surface area contributed by atoms with Crippen LogP contribution in [0.4, 0.5) is 0 Å². The molecule has 2 aliphatic heterocycles. The highest BCUT2D eigenvalue weighted by Gasteiger charge is 2.24. The molecule has 6 heterocycles. The van der Waals surface area contributed by atoms with Crippen molar-refractivity contribution in [2.45, 2.75) is 78.1 Å². The van der Waals surface area contributed by atoms with Gasteiger partial charge in [-0.25, -0.2) is 0 Å². The minimum absolute atomic E-state index is 0.619. The summed E-state index contributed by atoms with van der Waals surface area (Å²) in [6.45, 7) is 7.03. The number of fused-ring (bicyclic) bond motifs is 2. The summed E-state index contributed by atoms with van der Waals surface area (Å²) < 4.78 is 24.2. The minimum atomic E-state index is 0.619. The molecular formula is C36H42O4S4. The summed E-state index contributed by atoms with van der Waals surface area (Å²) in [7, 11) is 0. The third-order valence-corrected chi connectivity index (χ3v) is 12.4. The van der Waals surface area contributed by atoms with Gasteiger partial charge in [0, 0.05) is 19.5 Å². The molecule has 0 aliphatic carbocycles. The van der Waals surface area contributed by atoms with E-state index in [0.717, 1.165) is 45.6 Å². The lowest BCUT2D eigenvalue weighted by Gasteiger charge is -2.16. The summed E-state index contributed by atoms with van der Waals surface area (Å²) in [5.74, 6) is 3.83. The van der Waals surface area contributed by atoms with Crippen LogP contribution in [0.2, 0.25) is 0 Å². The summed E-state index contributed by atoms with van der Waals surface area (Å²) in [6.07, 6.45) is 21.0. The van der Waals surface area contributed by atoms with Crippen LogP contribution >= 0.6 is 45.3 Å². The van der Waals surface area contributed by atoms with Gasteiger partial charge >= 0.3 is 0 Å². The van der Waals surface area contributed by atoms with Crippen molar-refractivity contribution in [1.82, 2.24) is 0 Å². The molecule has 0 saturated heterocycles. The van der Waals surface area contributed by atoms with Gasteiger partial charge in [-0.05, 0) is 74.3 Å². The van der Waals surface area contributed by atoms with Gasteiger partial charge in [-0.2, -0.15) is 0 Å². The van der Waals surface area contributed by atoms with E-state index in [1.165, 1.54) is 80.6 Å². The quantitative estimate of drug-likeness (QED) is 0.118. The summed E-state index contributed by atoms with van der Waals surface area (Å²) >= 11 is 7.30. The van der Waals surface area contributed by atoms with E-state index in [1.54, 1.807) is 0 Å². The van der Waals surface area contributed by atoms with Gasteiger partial charge in [-0.1, -0.05) is 52.4 Å². The Morgan fingerprint density at radius 1 is 0.500 bits per heavy atom. The van der Waals surface area contributed by atoms with Gasteiger partial charge in [0.1, 0.15) is 26.4 Å². The lowest BCUT2D eigenvalue weighted by molar-refractivity contribution is 0.171. The number of thiophene rings is 4. The van der Waals surface area contributed by atoms with E-state index in [-0.39, 0.29) is 0 Å². The average molecular weight is 667 g/mol. The maximum atomic E-state index is 6.06.